The number of hydrogen-bond donors (Lipinski definition) is 1. The molecule has 1 amide bonds. The van der Waals surface area contributed by atoms with E-state index in [2.05, 4.69) is 25.8 Å². The lowest BCUT2D eigenvalue weighted by atomic mass is 10.1. The van der Waals surface area contributed by atoms with Gasteiger partial charge in [0.1, 0.15) is 18.7 Å². The number of para-hydroxylation sites is 1. The molecule has 8 nitrogen and oxygen atoms in total. The highest BCUT2D eigenvalue weighted by Crippen LogP contribution is 2.32. The molecule has 162 valence electrons. The number of nitrogens with zero attached hydrogens (tertiary/aromatic N) is 5. The second-order valence-corrected chi connectivity index (χ2v) is 8.10. The van der Waals surface area contributed by atoms with Gasteiger partial charge in [-0.25, -0.2) is 9.67 Å². The summed E-state index contributed by atoms with van der Waals surface area (Å²) in [5.74, 6) is 0.412. The molecular formula is C24H18N6O2S. The number of hydrogen-bond acceptors (Lipinski definition) is 7. The van der Waals surface area contributed by atoms with Crippen molar-refractivity contribution in [2.75, 3.05) is 0 Å². The molecule has 1 fully saturated rings. The van der Waals surface area contributed by atoms with Crippen LogP contribution < -0.4 is 10.1 Å². The van der Waals surface area contributed by atoms with Crippen LogP contribution in [0.1, 0.15) is 11.1 Å². The Kier molecular flexibility index (Phi) is 5.94. The Morgan fingerprint density at radius 1 is 1.03 bits per heavy atom. The van der Waals surface area contributed by atoms with E-state index in [1.54, 1.807) is 10.8 Å². The molecule has 1 aliphatic rings. The van der Waals surface area contributed by atoms with Gasteiger partial charge >= 0.3 is 0 Å². The Morgan fingerprint density at radius 3 is 2.58 bits per heavy atom. The molecule has 0 bridgehead atoms. The van der Waals surface area contributed by atoms with Gasteiger partial charge in [0, 0.05) is 11.6 Å². The number of carbonyl (C=O) groups excluding carboxylic acids is 1. The van der Waals surface area contributed by atoms with Crippen LogP contribution in [0.15, 0.2) is 95.1 Å². The molecule has 4 aromatic rings. The zero-order chi connectivity index (χ0) is 22.5. The first-order valence-corrected chi connectivity index (χ1v) is 10.9. The van der Waals surface area contributed by atoms with Gasteiger partial charge in [0.15, 0.2) is 5.17 Å². The van der Waals surface area contributed by atoms with E-state index in [4.69, 9.17) is 4.74 Å². The lowest BCUT2D eigenvalue weighted by molar-refractivity contribution is -0.115. The molecule has 1 aromatic heterocycles. The van der Waals surface area contributed by atoms with E-state index in [9.17, 15) is 4.79 Å². The second kappa shape index (κ2) is 9.49. The number of aromatic nitrogens is 4. The van der Waals surface area contributed by atoms with E-state index in [1.165, 1.54) is 18.1 Å². The van der Waals surface area contributed by atoms with Crippen LogP contribution in [0.2, 0.25) is 0 Å². The van der Waals surface area contributed by atoms with Gasteiger partial charge in [-0.2, -0.15) is 0 Å². The van der Waals surface area contributed by atoms with Gasteiger partial charge in [-0.1, -0.05) is 48.5 Å². The van der Waals surface area contributed by atoms with Crippen molar-refractivity contribution in [2.45, 2.75) is 6.61 Å². The van der Waals surface area contributed by atoms with Gasteiger partial charge in [-0.05, 0) is 58.1 Å². The molecule has 0 spiro atoms. The predicted molar refractivity (Wildman–Crippen MR) is 127 cm³/mol. The third-order valence-electron chi connectivity index (χ3n) is 4.77. The first-order chi connectivity index (χ1) is 16.2. The SMILES string of the molecule is O=C1NC(=Nc2ccccc2)SC1=Cc1ccc(-n2cnnn2)cc1OCc1ccccc1. The van der Waals surface area contributed by atoms with E-state index in [0.717, 1.165) is 22.5 Å². The number of ether oxygens (including phenoxy) is 1. The number of thioether (sulfide) groups is 1. The highest BCUT2D eigenvalue weighted by molar-refractivity contribution is 8.18. The largest absolute Gasteiger partial charge is 0.488 e. The van der Waals surface area contributed by atoms with Crippen molar-refractivity contribution in [2.24, 2.45) is 4.99 Å². The summed E-state index contributed by atoms with van der Waals surface area (Å²) in [6.07, 6.45) is 3.32. The van der Waals surface area contributed by atoms with E-state index in [1.807, 2.05) is 78.9 Å². The monoisotopic (exact) mass is 454 g/mol. The highest BCUT2D eigenvalue weighted by atomic mass is 32.2. The summed E-state index contributed by atoms with van der Waals surface area (Å²) in [5, 5.41) is 14.7. The minimum absolute atomic E-state index is 0.201. The fraction of sp³-hybridized carbons (Fsp3) is 0.0417. The molecule has 3 aromatic carbocycles. The quantitative estimate of drug-likeness (QED) is 0.440. The van der Waals surface area contributed by atoms with Crippen molar-refractivity contribution in [3.8, 4) is 11.4 Å². The van der Waals surface area contributed by atoms with E-state index >= 15 is 0 Å². The summed E-state index contributed by atoms with van der Waals surface area (Å²) in [7, 11) is 0. The smallest absolute Gasteiger partial charge is 0.264 e. The van der Waals surface area contributed by atoms with Crippen molar-refractivity contribution in [1.82, 2.24) is 25.5 Å². The van der Waals surface area contributed by atoms with Crippen LogP contribution in [0.5, 0.6) is 5.75 Å². The van der Waals surface area contributed by atoms with Gasteiger partial charge in [0.2, 0.25) is 0 Å². The first kappa shape index (κ1) is 20.7. The molecule has 0 saturated carbocycles. The summed E-state index contributed by atoms with van der Waals surface area (Å²) in [5.41, 5.74) is 3.33. The Bertz CT molecular complexity index is 1320. The minimum atomic E-state index is -0.201. The number of amides is 1. The fourth-order valence-corrected chi connectivity index (χ4v) is 4.00. The Balaban J connectivity index is 1.44. The molecule has 1 saturated heterocycles. The van der Waals surface area contributed by atoms with E-state index in [-0.39, 0.29) is 5.91 Å². The standard InChI is InChI=1S/C24H18N6O2S/c31-23-22(33-24(27-23)26-19-9-5-2-6-10-19)13-18-11-12-20(30-16-25-28-29-30)14-21(18)32-15-17-7-3-1-4-8-17/h1-14,16H,15H2,(H,26,27,31). The average Bonchev–Trinajstić information content (AvgIpc) is 3.50. The van der Waals surface area contributed by atoms with Gasteiger partial charge in [0.05, 0.1) is 16.3 Å². The van der Waals surface area contributed by atoms with Crippen molar-refractivity contribution < 1.29 is 9.53 Å². The summed E-state index contributed by atoms with van der Waals surface area (Å²) in [6.45, 7) is 0.385. The third-order valence-corrected chi connectivity index (χ3v) is 5.68. The zero-order valence-corrected chi connectivity index (χ0v) is 18.1. The Labute approximate surface area is 194 Å². The maximum Gasteiger partial charge on any atom is 0.264 e. The van der Waals surface area contributed by atoms with Crippen molar-refractivity contribution in [3.63, 3.8) is 0 Å². The molecule has 5 rings (SSSR count). The van der Waals surface area contributed by atoms with Crippen LogP contribution in [0.25, 0.3) is 11.8 Å². The van der Waals surface area contributed by atoms with Crippen molar-refractivity contribution in [1.29, 1.82) is 0 Å². The summed E-state index contributed by atoms with van der Waals surface area (Å²) in [6, 6.07) is 25.0. The second-order valence-electron chi connectivity index (χ2n) is 7.07. The number of benzene rings is 3. The van der Waals surface area contributed by atoms with E-state index < -0.39 is 0 Å². The molecule has 0 atom stereocenters. The van der Waals surface area contributed by atoms with Crippen molar-refractivity contribution >= 4 is 34.6 Å². The van der Waals surface area contributed by atoms with Crippen LogP contribution >= 0.6 is 11.8 Å². The van der Waals surface area contributed by atoms with Gasteiger partial charge in [0.25, 0.3) is 5.91 Å². The summed E-state index contributed by atoms with van der Waals surface area (Å²) in [4.78, 5) is 17.6. The lowest BCUT2D eigenvalue weighted by Crippen LogP contribution is -2.19. The molecule has 0 radical (unpaired) electrons. The lowest BCUT2D eigenvalue weighted by Gasteiger charge is -2.12. The van der Waals surface area contributed by atoms with Gasteiger partial charge in [-0.3, -0.25) is 4.79 Å². The van der Waals surface area contributed by atoms with Crippen molar-refractivity contribution in [3.05, 3.63) is 101 Å². The van der Waals surface area contributed by atoms with Crippen LogP contribution in [-0.2, 0) is 11.4 Å². The van der Waals surface area contributed by atoms with Crippen LogP contribution in [0, 0.1) is 0 Å². The maximum atomic E-state index is 12.6. The normalized spacial score (nSPS) is 15.7. The van der Waals surface area contributed by atoms with Crippen LogP contribution in [0.4, 0.5) is 5.69 Å². The fourth-order valence-electron chi connectivity index (χ4n) is 3.17. The number of amidine groups is 1. The molecule has 9 heteroatoms. The molecule has 0 aliphatic carbocycles. The third kappa shape index (κ3) is 4.99. The highest BCUT2D eigenvalue weighted by Gasteiger charge is 2.24. The molecule has 0 unspecified atom stereocenters. The number of nitrogens with one attached hydrogen (secondary N) is 1. The predicted octanol–water partition coefficient (Wildman–Crippen LogP) is 4.13. The Hall–Kier alpha value is -4.24. The average molecular weight is 455 g/mol. The molecule has 2 heterocycles. The summed E-state index contributed by atoms with van der Waals surface area (Å²) < 4.78 is 7.68. The Morgan fingerprint density at radius 2 is 1.82 bits per heavy atom. The first-order valence-electron chi connectivity index (χ1n) is 10.1. The summed E-state index contributed by atoms with van der Waals surface area (Å²) >= 11 is 1.29. The van der Waals surface area contributed by atoms with Gasteiger partial charge < -0.3 is 10.1 Å². The number of carbonyl (C=O) groups is 1. The topological polar surface area (TPSA) is 94.3 Å². The number of rotatable bonds is 6. The molecular weight excluding hydrogens is 436 g/mol. The molecule has 33 heavy (non-hydrogen) atoms. The maximum absolute atomic E-state index is 12.6. The van der Waals surface area contributed by atoms with E-state index in [0.29, 0.717) is 22.4 Å². The van der Waals surface area contributed by atoms with Gasteiger partial charge in [-0.15, -0.1) is 5.10 Å². The number of tetrazole rings is 1. The van der Waals surface area contributed by atoms with Crippen LogP contribution in [0.3, 0.4) is 0 Å². The minimum Gasteiger partial charge on any atom is -0.488 e. The van der Waals surface area contributed by atoms with Crippen LogP contribution in [-0.4, -0.2) is 31.3 Å². The zero-order valence-electron chi connectivity index (χ0n) is 17.3. The molecule has 1 N–H and O–H groups in total. The molecule has 1 aliphatic heterocycles. The number of aliphatic imine (C=N–C) groups is 1.